The molecule has 118 valence electrons. The molecule has 0 amide bonds. The highest BCUT2D eigenvalue weighted by Gasteiger charge is 2.44. The van der Waals surface area contributed by atoms with E-state index in [1.807, 2.05) is 12.1 Å². The second kappa shape index (κ2) is 7.32. The molecule has 0 spiro atoms. The Morgan fingerprint density at radius 3 is 2.57 bits per heavy atom. The van der Waals surface area contributed by atoms with Crippen molar-refractivity contribution in [3.8, 4) is 0 Å². The standard InChI is InChI=1S/C17H28O3Si/c1-5-21(6-2,7-3)20-14(4)17-16(19-17)12-8-10-15-11-9-13-18-15/h9,11,13,16-17H,4-8,10,12H2,1-3H3/t16-,17-/m1/s1. The smallest absolute Gasteiger partial charge is 0.250 e. The van der Waals surface area contributed by atoms with Crippen molar-refractivity contribution in [3.63, 3.8) is 0 Å². The first kappa shape index (κ1) is 16.4. The molecule has 1 saturated heterocycles. The Balaban J connectivity index is 1.71. The molecule has 0 unspecified atom stereocenters. The van der Waals surface area contributed by atoms with E-state index in [0.717, 1.165) is 48.9 Å². The maximum absolute atomic E-state index is 6.29. The van der Waals surface area contributed by atoms with E-state index in [1.54, 1.807) is 6.26 Å². The predicted molar refractivity (Wildman–Crippen MR) is 87.7 cm³/mol. The van der Waals surface area contributed by atoms with Crippen molar-refractivity contribution in [1.82, 2.24) is 0 Å². The summed E-state index contributed by atoms with van der Waals surface area (Å²) >= 11 is 0. The lowest BCUT2D eigenvalue weighted by Gasteiger charge is -2.29. The molecule has 1 aliphatic heterocycles. The number of ether oxygens (including phenoxy) is 1. The maximum atomic E-state index is 6.29. The normalized spacial score (nSPS) is 21.3. The Morgan fingerprint density at radius 1 is 1.29 bits per heavy atom. The predicted octanol–water partition coefficient (Wildman–Crippen LogP) is 4.91. The third-order valence-corrected chi connectivity index (χ3v) is 9.23. The summed E-state index contributed by atoms with van der Waals surface area (Å²) in [6.45, 7) is 10.8. The highest BCUT2D eigenvalue weighted by Crippen LogP contribution is 2.36. The van der Waals surface area contributed by atoms with Gasteiger partial charge in [0.1, 0.15) is 17.6 Å². The van der Waals surface area contributed by atoms with Gasteiger partial charge in [0.05, 0.1) is 12.4 Å². The lowest BCUT2D eigenvalue weighted by molar-refractivity contribution is 0.316. The molecule has 2 rings (SSSR count). The van der Waals surface area contributed by atoms with Crippen molar-refractivity contribution in [2.24, 2.45) is 0 Å². The van der Waals surface area contributed by atoms with Gasteiger partial charge in [0.2, 0.25) is 8.32 Å². The van der Waals surface area contributed by atoms with Crippen LogP contribution in [0.2, 0.25) is 18.1 Å². The summed E-state index contributed by atoms with van der Waals surface area (Å²) in [5.74, 6) is 1.92. The van der Waals surface area contributed by atoms with Gasteiger partial charge in [0.15, 0.2) is 0 Å². The fourth-order valence-electron chi connectivity index (χ4n) is 2.88. The van der Waals surface area contributed by atoms with Crippen LogP contribution in [0.25, 0.3) is 0 Å². The molecule has 3 nitrogen and oxygen atoms in total. The van der Waals surface area contributed by atoms with E-state index in [0.29, 0.717) is 6.10 Å². The van der Waals surface area contributed by atoms with Crippen LogP contribution in [-0.4, -0.2) is 20.5 Å². The zero-order valence-electron chi connectivity index (χ0n) is 13.6. The van der Waals surface area contributed by atoms with Crippen LogP contribution in [-0.2, 0) is 15.6 Å². The maximum Gasteiger partial charge on any atom is 0.250 e. The van der Waals surface area contributed by atoms with E-state index < -0.39 is 8.32 Å². The molecule has 1 fully saturated rings. The van der Waals surface area contributed by atoms with Gasteiger partial charge in [0, 0.05) is 6.42 Å². The number of aryl methyl sites for hydroxylation is 1. The molecule has 21 heavy (non-hydrogen) atoms. The van der Waals surface area contributed by atoms with Crippen molar-refractivity contribution in [2.45, 2.75) is 70.4 Å². The van der Waals surface area contributed by atoms with E-state index in [2.05, 4.69) is 27.4 Å². The largest absolute Gasteiger partial charge is 0.545 e. The van der Waals surface area contributed by atoms with Gasteiger partial charge in [-0.1, -0.05) is 27.4 Å². The van der Waals surface area contributed by atoms with Crippen LogP contribution in [0.1, 0.15) is 39.4 Å². The van der Waals surface area contributed by atoms with Crippen LogP contribution >= 0.6 is 0 Å². The van der Waals surface area contributed by atoms with Gasteiger partial charge in [-0.05, 0) is 43.1 Å². The van der Waals surface area contributed by atoms with Crippen LogP contribution in [0.5, 0.6) is 0 Å². The fourth-order valence-corrected chi connectivity index (χ4v) is 5.49. The number of epoxide rings is 1. The lowest BCUT2D eigenvalue weighted by atomic mass is 10.1. The fraction of sp³-hybridized carbons (Fsp3) is 0.647. The van der Waals surface area contributed by atoms with Gasteiger partial charge in [-0.15, -0.1) is 0 Å². The average molecular weight is 308 g/mol. The molecule has 4 heteroatoms. The molecule has 0 N–H and O–H groups in total. The van der Waals surface area contributed by atoms with Crippen molar-refractivity contribution >= 4 is 8.32 Å². The molecular formula is C17H28O3Si. The number of furan rings is 1. The van der Waals surface area contributed by atoms with E-state index in [-0.39, 0.29) is 6.10 Å². The first-order valence-electron chi connectivity index (χ1n) is 8.19. The lowest BCUT2D eigenvalue weighted by Crippen LogP contribution is -2.36. The number of hydrogen-bond acceptors (Lipinski definition) is 3. The van der Waals surface area contributed by atoms with E-state index in [9.17, 15) is 0 Å². The molecular weight excluding hydrogens is 280 g/mol. The quantitative estimate of drug-likeness (QED) is 0.350. The molecule has 0 bridgehead atoms. The zero-order chi connectivity index (χ0) is 15.3. The van der Waals surface area contributed by atoms with Gasteiger partial charge < -0.3 is 13.6 Å². The average Bonchev–Trinajstić information content (AvgIpc) is 3.09. The summed E-state index contributed by atoms with van der Waals surface area (Å²) in [4.78, 5) is 0. The highest BCUT2D eigenvalue weighted by molar-refractivity contribution is 6.73. The Kier molecular flexibility index (Phi) is 5.70. The first-order valence-corrected chi connectivity index (χ1v) is 10.7. The minimum atomic E-state index is -1.60. The molecule has 1 aromatic rings. The minimum absolute atomic E-state index is 0.123. The summed E-state index contributed by atoms with van der Waals surface area (Å²) in [6.07, 6.45) is 5.26. The molecule has 1 aromatic heterocycles. The minimum Gasteiger partial charge on any atom is -0.545 e. The monoisotopic (exact) mass is 308 g/mol. The number of hydrogen-bond donors (Lipinski definition) is 0. The van der Waals surface area contributed by atoms with Crippen molar-refractivity contribution in [1.29, 1.82) is 0 Å². The second-order valence-corrected chi connectivity index (χ2v) is 10.6. The zero-order valence-corrected chi connectivity index (χ0v) is 14.6. The summed E-state index contributed by atoms with van der Waals surface area (Å²) < 4.78 is 17.4. The van der Waals surface area contributed by atoms with E-state index in [1.165, 1.54) is 0 Å². The highest BCUT2D eigenvalue weighted by atomic mass is 28.4. The Labute approximate surface area is 129 Å². The molecule has 2 heterocycles. The van der Waals surface area contributed by atoms with Crippen molar-refractivity contribution in [3.05, 3.63) is 36.5 Å². The van der Waals surface area contributed by atoms with Gasteiger partial charge >= 0.3 is 0 Å². The molecule has 0 aromatic carbocycles. The topological polar surface area (TPSA) is 34.9 Å². The van der Waals surface area contributed by atoms with Gasteiger partial charge in [0.25, 0.3) is 0 Å². The van der Waals surface area contributed by atoms with E-state index >= 15 is 0 Å². The van der Waals surface area contributed by atoms with Crippen LogP contribution in [0.15, 0.2) is 35.2 Å². The Morgan fingerprint density at radius 2 is 2.00 bits per heavy atom. The third-order valence-electron chi connectivity index (χ3n) is 4.67. The van der Waals surface area contributed by atoms with Crippen molar-refractivity contribution < 1.29 is 13.6 Å². The van der Waals surface area contributed by atoms with Crippen LogP contribution in [0.3, 0.4) is 0 Å². The summed E-state index contributed by atoms with van der Waals surface area (Å²) in [5.41, 5.74) is 0. The SMILES string of the molecule is C=C(O[Si](CC)(CC)CC)[C@H]1O[C@@H]1CCCc1ccco1. The van der Waals surface area contributed by atoms with Gasteiger partial charge in [-0.3, -0.25) is 0 Å². The Hall–Kier alpha value is -1.00. The summed E-state index contributed by atoms with van der Waals surface area (Å²) in [5, 5.41) is 0. The molecule has 0 radical (unpaired) electrons. The van der Waals surface area contributed by atoms with Gasteiger partial charge in [-0.25, -0.2) is 0 Å². The first-order chi connectivity index (χ1) is 10.1. The van der Waals surface area contributed by atoms with Gasteiger partial charge in [-0.2, -0.15) is 0 Å². The van der Waals surface area contributed by atoms with Crippen LogP contribution in [0.4, 0.5) is 0 Å². The second-order valence-electron chi connectivity index (χ2n) is 5.88. The van der Waals surface area contributed by atoms with Crippen molar-refractivity contribution in [2.75, 3.05) is 0 Å². The van der Waals surface area contributed by atoms with E-state index in [4.69, 9.17) is 13.6 Å². The summed E-state index contributed by atoms with van der Waals surface area (Å²) in [7, 11) is -1.60. The van der Waals surface area contributed by atoms with Crippen LogP contribution in [0, 0.1) is 0 Å². The molecule has 2 atom stereocenters. The molecule has 0 saturated carbocycles. The summed E-state index contributed by atoms with van der Waals surface area (Å²) in [6, 6.07) is 7.40. The molecule has 1 aliphatic rings. The Bertz CT molecular complexity index is 429. The molecule has 0 aliphatic carbocycles. The number of rotatable bonds is 10. The van der Waals surface area contributed by atoms with Crippen LogP contribution < -0.4 is 0 Å². The third kappa shape index (κ3) is 4.24.